The molecule has 0 fully saturated rings. The van der Waals surface area contributed by atoms with E-state index in [2.05, 4.69) is 37.1 Å². The van der Waals surface area contributed by atoms with Crippen molar-refractivity contribution in [2.24, 2.45) is 5.92 Å². The largest absolute Gasteiger partial charge is 0.313 e. The van der Waals surface area contributed by atoms with Gasteiger partial charge in [0, 0.05) is 17.9 Å². The molecule has 0 aliphatic rings. The van der Waals surface area contributed by atoms with Crippen LogP contribution in [0, 0.1) is 12.8 Å². The first-order valence-electron chi connectivity index (χ1n) is 6.27. The van der Waals surface area contributed by atoms with Crippen molar-refractivity contribution >= 4 is 0 Å². The third-order valence-corrected chi connectivity index (χ3v) is 3.19. The highest BCUT2D eigenvalue weighted by Gasteiger charge is 2.15. The molecule has 0 saturated carbocycles. The summed E-state index contributed by atoms with van der Waals surface area (Å²) in [6.07, 6.45) is 5.62. The van der Waals surface area contributed by atoms with Crippen LogP contribution in [0.1, 0.15) is 50.4 Å². The van der Waals surface area contributed by atoms with Crippen LogP contribution >= 0.6 is 0 Å². The second kappa shape index (κ2) is 6.64. The number of aryl methyl sites for hydroxylation is 1. The lowest BCUT2D eigenvalue weighted by Gasteiger charge is -2.21. The van der Waals surface area contributed by atoms with Crippen LogP contribution in [0.2, 0.25) is 0 Å². The van der Waals surface area contributed by atoms with Gasteiger partial charge in [-0.3, -0.25) is 4.98 Å². The number of hydrogen-bond donors (Lipinski definition) is 1. The molecule has 0 aliphatic carbocycles. The zero-order valence-corrected chi connectivity index (χ0v) is 11.0. The van der Waals surface area contributed by atoms with Gasteiger partial charge in [0.2, 0.25) is 0 Å². The first-order chi connectivity index (χ1) is 7.69. The van der Waals surface area contributed by atoms with Gasteiger partial charge in [-0.15, -0.1) is 0 Å². The van der Waals surface area contributed by atoms with E-state index in [4.69, 9.17) is 0 Å². The second-order valence-electron chi connectivity index (χ2n) is 4.65. The van der Waals surface area contributed by atoms with Gasteiger partial charge in [0.1, 0.15) is 0 Å². The van der Waals surface area contributed by atoms with Crippen molar-refractivity contribution < 1.29 is 0 Å². The minimum atomic E-state index is 0.440. The van der Waals surface area contributed by atoms with Crippen LogP contribution in [0.4, 0.5) is 0 Å². The van der Waals surface area contributed by atoms with Crippen molar-refractivity contribution in [3.8, 4) is 0 Å². The Bertz CT molecular complexity index is 309. The Morgan fingerprint density at radius 3 is 2.75 bits per heavy atom. The van der Waals surface area contributed by atoms with Gasteiger partial charge in [0.25, 0.3) is 0 Å². The predicted octanol–water partition coefficient (Wildman–Crippen LogP) is 3.48. The molecule has 0 amide bonds. The van der Waals surface area contributed by atoms with E-state index >= 15 is 0 Å². The van der Waals surface area contributed by atoms with Gasteiger partial charge in [-0.05, 0) is 37.9 Å². The maximum atomic E-state index is 4.36. The van der Waals surface area contributed by atoms with Gasteiger partial charge in [0.05, 0.1) is 0 Å². The van der Waals surface area contributed by atoms with Gasteiger partial charge in [0.15, 0.2) is 0 Å². The number of aromatic nitrogens is 1. The van der Waals surface area contributed by atoms with Gasteiger partial charge in [-0.1, -0.05) is 32.8 Å². The van der Waals surface area contributed by atoms with Crippen LogP contribution in [-0.2, 0) is 0 Å². The summed E-state index contributed by atoms with van der Waals surface area (Å²) in [5.74, 6) is 0.766. The maximum Gasteiger partial charge on any atom is 0.0420 e. The van der Waals surface area contributed by atoms with Crippen molar-refractivity contribution in [2.45, 2.75) is 46.1 Å². The van der Waals surface area contributed by atoms with Crippen molar-refractivity contribution in [3.05, 3.63) is 29.6 Å². The molecule has 1 heterocycles. The third kappa shape index (κ3) is 3.60. The first-order valence-corrected chi connectivity index (χ1v) is 6.27. The normalized spacial score (nSPS) is 14.8. The number of nitrogens with one attached hydrogen (secondary N) is 1. The zero-order valence-electron chi connectivity index (χ0n) is 11.0. The number of rotatable bonds is 6. The minimum Gasteiger partial charge on any atom is -0.313 e. The van der Waals surface area contributed by atoms with E-state index in [1.807, 2.05) is 19.3 Å². The Morgan fingerprint density at radius 2 is 2.19 bits per heavy atom. The second-order valence-corrected chi connectivity index (χ2v) is 4.65. The molecule has 2 unspecified atom stereocenters. The van der Waals surface area contributed by atoms with Crippen molar-refractivity contribution in [1.82, 2.24) is 10.3 Å². The van der Waals surface area contributed by atoms with Gasteiger partial charge in [-0.2, -0.15) is 0 Å². The summed E-state index contributed by atoms with van der Waals surface area (Å²) in [6.45, 7) is 6.67. The van der Waals surface area contributed by atoms with Crippen LogP contribution in [0.5, 0.6) is 0 Å². The first kappa shape index (κ1) is 13.2. The number of hydrogen-bond acceptors (Lipinski definition) is 2. The highest BCUT2D eigenvalue weighted by Crippen LogP contribution is 2.24. The molecule has 0 aliphatic heterocycles. The maximum absolute atomic E-state index is 4.36. The molecule has 16 heavy (non-hydrogen) atoms. The van der Waals surface area contributed by atoms with Crippen LogP contribution in [-0.4, -0.2) is 12.0 Å². The summed E-state index contributed by atoms with van der Waals surface area (Å²) in [5.41, 5.74) is 2.48. The molecule has 0 bridgehead atoms. The van der Waals surface area contributed by atoms with E-state index in [9.17, 15) is 0 Å². The van der Waals surface area contributed by atoms with E-state index in [-0.39, 0.29) is 0 Å². The lowest BCUT2D eigenvalue weighted by molar-refractivity contribution is 0.405. The molecular formula is C14H24N2. The molecular weight excluding hydrogens is 196 g/mol. The summed E-state index contributed by atoms with van der Waals surface area (Å²) in [4.78, 5) is 4.36. The topological polar surface area (TPSA) is 24.9 Å². The van der Waals surface area contributed by atoms with Crippen LogP contribution in [0.15, 0.2) is 18.3 Å². The molecule has 0 saturated heterocycles. The smallest absolute Gasteiger partial charge is 0.0420 e. The lowest BCUT2D eigenvalue weighted by Crippen LogP contribution is -2.20. The summed E-state index contributed by atoms with van der Waals surface area (Å²) in [7, 11) is 2.04. The molecule has 1 aromatic heterocycles. The van der Waals surface area contributed by atoms with Gasteiger partial charge < -0.3 is 5.32 Å². The molecule has 1 aromatic rings. The van der Waals surface area contributed by atoms with Crippen LogP contribution < -0.4 is 5.32 Å². The van der Waals surface area contributed by atoms with Gasteiger partial charge in [-0.25, -0.2) is 0 Å². The Balaban J connectivity index is 2.71. The molecule has 0 radical (unpaired) electrons. The van der Waals surface area contributed by atoms with Crippen LogP contribution in [0.3, 0.4) is 0 Å². The van der Waals surface area contributed by atoms with Crippen LogP contribution in [0.25, 0.3) is 0 Å². The SMILES string of the molecule is CCCC(C)CC(NC)c1cccnc1C. The van der Waals surface area contributed by atoms with Crippen molar-refractivity contribution in [3.63, 3.8) is 0 Å². The molecule has 0 spiro atoms. The lowest BCUT2D eigenvalue weighted by atomic mass is 9.92. The summed E-state index contributed by atoms with van der Waals surface area (Å²) < 4.78 is 0. The Morgan fingerprint density at radius 1 is 1.44 bits per heavy atom. The molecule has 90 valence electrons. The molecule has 1 N–H and O–H groups in total. The van der Waals surface area contributed by atoms with E-state index in [0.29, 0.717) is 6.04 Å². The van der Waals surface area contributed by atoms with Gasteiger partial charge >= 0.3 is 0 Å². The fraction of sp³-hybridized carbons (Fsp3) is 0.643. The van der Waals surface area contributed by atoms with E-state index < -0.39 is 0 Å². The molecule has 1 rings (SSSR count). The molecule has 2 nitrogen and oxygen atoms in total. The van der Waals surface area contributed by atoms with E-state index in [0.717, 1.165) is 11.6 Å². The monoisotopic (exact) mass is 220 g/mol. The average Bonchev–Trinajstić information content (AvgIpc) is 2.27. The Labute approximate surface area is 99.5 Å². The highest BCUT2D eigenvalue weighted by molar-refractivity contribution is 5.22. The summed E-state index contributed by atoms with van der Waals surface area (Å²) in [5, 5.41) is 3.41. The minimum absolute atomic E-state index is 0.440. The predicted molar refractivity (Wildman–Crippen MR) is 69.5 cm³/mol. The highest BCUT2D eigenvalue weighted by atomic mass is 14.9. The molecule has 0 aromatic carbocycles. The van der Waals surface area contributed by atoms with Crippen molar-refractivity contribution in [2.75, 3.05) is 7.05 Å². The average molecular weight is 220 g/mol. The number of nitrogens with zero attached hydrogens (tertiary/aromatic N) is 1. The Hall–Kier alpha value is -0.890. The summed E-state index contributed by atoms with van der Waals surface area (Å²) >= 11 is 0. The third-order valence-electron chi connectivity index (χ3n) is 3.19. The molecule has 2 atom stereocenters. The quantitative estimate of drug-likeness (QED) is 0.794. The standard InChI is InChI=1S/C14H24N2/c1-5-7-11(2)10-14(15-4)13-8-6-9-16-12(13)3/h6,8-9,11,14-15H,5,7,10H2,1-4H3. The number of pyridine rings is 1. The van der Waals surface area contributed by atoms with E-state index in [1.165, 1.54) is 24.8 Å². The Kier molecular flexibility index (Phi) is 5.47. The summed E-state index contributed by atoms with van der Waals surface area (Å²) in [6, 6.07) is 4.65. The molecule has 2 heteroatoms. The fourth-order valence-corrected chi connectivity index (χ4v) is 2.28. The van der Waals surface area contributed by atoms with Crippen molar-refractivity contribution in [1.29, 1.82) is 0 Å². The zero-order chi connectivity index (χ0) is 12.0. The fourth-order valence-electron chi connectivity index (χ4n) is 2.28. The van der Waals surface area contributed by atoms with E-state index in [1.54, 1.807) is 0 Å².